The minimum Gasteiger partial charge on any atom is -0.481 e. The standard InChI is InChI=1S/C25H44O6/c1-6-25(4,5)24(30)31-21-12-15(2)11-17-8-7-16(3)20(23(17)21)10-9-18(26)13-19(27)14-22(28)29/h15-21,23,26-27H,6-14H2,1-5H3,(H,28,29)/t15-,16+,17+,18-,19-,20+,21+,23+/m1/s1. The van der Waals surface area contributed by atoms with E-state index in [2.05, 4.69) is 13.8 Å². The van der Waals surface area contributed by atoms with E-state index in [4.69, 9.17) is 9.84 Å². The molecule has 0 heterocycles. The molecular formula is C25H44O6. The van der Waals surface area contributed by atoms with Crippen LogP contribution < -0.4 is 0 Å². The fourth-order valence-electron chi connectivity index (χ4n) is 5.78. The number of aliphatic hydroxyl groups is 2. The summed E-state index contributed by atoms with van der Waals surface area (Å²) in [5.41, 5.74) is -0.484. The van der Waals surface area contributed by atoms with Gasteiger partial charge in [-0.15, -0.1) is 0 Å². The second-order valence-corrected chi connectivity index (χ2v) is 11.0. The summed E-state index contributed by atoms with van der Waals surface area (Å²) >= 11 is 0. The largest absolute Gasteiger partial charge is 0.481 e. The van der Waals surface area contributed by atoms with Crippen LogP contribution in [-0.4, -0.2) is 45.6 Å². The van der Waals surface area contributed by atoms with Gasteiger partial charge in [0.15, 0.2) is 0 Å². The molecular weight excluding hydrogens is 396 g/mol. The predicted octanol–water partition coefficient (Wildman–Crippen LogP) is 4.41. The molecule has 0 bridgehead atoms. The zero-order chi connectivity index (χ0) is 23.3. The van der Waals surface area contributed by atoms with Gasteiger partial charge in [-0.1, -0.05) is 27.2 Å². The molecule has 0 aromatic carbocycles. The maximum absolute atomic E-state index is 12.9. The Hall–Kier alpha value is -1.14. The molecule has 0 aromatic heterocycles. The van der Waals surface area contributed by atoms with Gasteiger partial charge in [-0.25, -0.2) is 0 Å². The molecule has 0 aliphatic heterocycles. The third kappa shape index (κ3) is 7.18. The van der Waals surface area contributed by atoms with Crippen molar-refractivity contribution in [2.45, 2.75) is 111 Å². The Morgan fingerprint density at radius 2 is 1.77 bits per heavy atom. The topological polar surface area (TPSA) is 104 Å². The number of rotatable bonds is 10. The monoisotopic (exact) mass is 440 g/mol. The molecule has 2 saturated carbocycles. The van der Waals surface area contributed by atoms with Gasteiger partial charge in [0, 0.05) is 5.92 Å². The van der Waals surface area contributed by atoms with E-state index in [-0.39, 0.29) is 24.9 Å². The first-order chi connectivity index (χ1) is 14.4. The van der Waals surface area contributed by atoms with E-state index in [9.17, 15) is 19.8 Å². The number of hydrogen-bond acceptors (Lipinski definition) is 5. The quantitative estimate of drug-likeness (QED) is 0.435. The van der Waals surface area contributed by atoms with Crippen LogP contribution in [0.1, 0.15) is 92.4 Å². The van der Waals surface area contributed by atoms with Gasteiger partial charge in [-0.05, 0) is 82.5 Å². The van der Waals surface area contributed by atoms with Crippen LogP contribution in [0.3, 0.4) is 0 Å². The number of carboxylic acids is 1. The van der Waals surface area contributed by atoms with Crippen molar-refractivity contribution >= 4 is 11.9 Å². The number of carbonyl (C=O) groups excluding carboxylic acids is 1. The van der Waals surface area contributed by atoms with Gasteiger partial charge in [-0.3, -0.25) is 9.59 Å². The number of carboxylic acid groups (broad SMARTS) is 1. The Morgan fingerprint density at radius 3 is 2.39 bits per heavy atom. The summed E-state index contributed by atoms with van der Waals surface area (Å²) in [5.74, 6) is 1.08. The maximum atomic E-state index is 12.9. The average Bonchev–Trinajstić information content (AvgIpc) is 2.66. The summed E-state index contributed by atoms with van der Waals surface area (Å²) in [6.45, 7) is 10.4. The molecule has 0 radical (unpaired) electrons. The number of ether oxygens (including phenoxy) is 1. The van der Waals surface area contributed by atoms with Crippen LogP contribution in [0, 0.1) is 35.0 Å². The molecule has 0 amide bonds. The van der Waals surface area contributed by atoms with Crippen LogP contribution in [0.4, 0.5) is 0 Å². The van der Waals surface area contributed by atoms with Crippen molar-refractivity contribution in [3.05, 3.63) is 0 Å². The van der Waals surface area contributed by atoms with Crippen molar-refractivity contribution in [1.29, 1.82) is 0 Å². The molecule has 0 saturated heterocycles. The zero-order valence-electron chi connectivity index (χ0n) is 20.0. The molecule has 2 aliphatic rings. The number of aliphatic hydroxyl groups excluding tert-OH is 2. The lowest BCUT2D eigenvalue weighted by molar-refractivity contribution is -0.173. The summed E-state index contributed by atoms with van der Waals surface area (Å²) in [5, 5.41) is 29.0. The SMILES string of the molecule is CCC(C)(C)C(=O)O[C@H]1C[C@H](C)C[C@@H]2CC[C@H](C)[C@H](CC[C@@H](O)C[C@@H](O)CC(=O)O)[C@H]21. The highest BCUT2D eigenvalue weighted by Gasteiger charge is 2.47. The highest BCUT2D eigenvalue weighted by atomic mass is 16.5. The third-order valence-corrected chi connectivity index (χ3v) is 8.01. The average molecular weight is 441 g/mol. The smallest absolute Gasteiger partial charge is 0.311 e. The van der Waals surface area contributed by atoms with E-state index in [0.29, 0.717) is 36.0 Å². The molecule has 0 aromatic rings. The van der Waals surface area contributed by atoms with E-state index >= 15 is 0 Å². The lowest BCUT2D eigenvalue weighted by Crippen LogP contribution is -2.48. The minimum atomic E-state index is -1.06. The summed E-state index contributed by atoms with van der Waals surface area (Å²) in [4.78, 5) is 23.6. The van der Waals surface area contributed by atoms with Gasteiger partial charge in [0.2, 0.25) is 0 Å². The van der Waals surface area contributed by atoms with E-state index in [0.717, 1.165) is 32.1 Å². The molecule has 0 unspecified atom stereocenters. The fraction of sp³-hybridized carbons (Fsp3) is 0.920. The van der Waals surface area contributed by atoms with Gasteiger partial charge in [0.25, 0.3) is 0 Å². The Kier molecular flexibility index (Phi) is 9.38. The number of hydrogen-bond donors (Lipinski definition) is 3. The van der Waals surface area contributed by atoms with E-state index < -0.39 is 23.6 Å². The molecule has 180 valence electrons. The van der Waals surface area contributed by atoms with E-state index in [1.807, 2.05) is 20.8 Å². The Morgan fingerprint density at radius 1 is 1.10 bits per heavy atom. The van der Waals surface area contributed by atoms with Crippen molar-refractivity contribution in [2.75, 3.05) is 0 Å². The lowest BCUT2D eigenvalue weighted by atomic mass is 9.58. The highest BCUT2D eigenvalue weighted by molar-refractivity contribution is 5.76. The van der Waals surface area contributed by atoms with Crippen molar-refractivity contribution in [1.82, 2.24) is 0 Å². The molecule has 0 spiro atoms. The van der Waals surface area contributed by atoms with Crippen molar-refractivity contribution in [2.24, 2.45) is 35.0 Å². The Bertz CT molecular complexity index is 603. The first-order valence-electron chi connectivity index (χ1n) is 12.2. The highest BCUT2D eigenvalue weighted by Crippen LogP contribution is 2.50. The van der Waals surface area contributed by atoms with Crippen LogP contribution in [-0.2, 0) is 14.3 Å². The first-order valence-corrected chi connectivity index (χ1v) is 12.2. The first kappa shape index (κ1) is 26.1. The zero-order valence-corrected chi connectivity index (χ0v) is 20.0. The number of aliphatic carboxylic acids is 1. The van der Waals surface area contributed by atoms with Crippen molar-refractivity contribution < 1.29 is 29.6 Å². The van der Waals surface area contributed by atoms with Crippen LogP contribution in [0.5, 0.6) is 0 Å². The fourth-order valence-corrected chi connectivity index (χ4v) is 5.78. The minimum absolute atomic E-state index is 0.0745. The molecule has 3 N–H and O–H groups in total. The molecule has 6 heteroatoms. The van der Waals surface area contributed by atoms with Gasteiger partial charge in [0.05, 0.1) is 24.0 Å². The maximum Gasteiger partial charge on any atom is 0.311 e. The lowest BCUT2D eigenvalue weighted by Gasteiger charge is -2.50. The normalized spacial score (nSPS) is 33.3. The van der Waals surface area contributed by atoms with Gasteiger partial charge in [0.1, 0.15) is 6.10 Å². The van der Waals surface area contributed by atoms with Gasteiger partial charge >= 0.3 is 11.9 Å². The predicted molar refractivity (Wildman–Crippen MR) is 119 cm³/mol. The number of esters is 1. The summed E-state index contributed by atoms with van der Waals surface area (Å²) in [6.07, 6.45) is 4.39. The van der Waals surface area contributed by atoms with Crippen LogP contribution in [0.15, 0.2) is 0 Å². The Labute approximate surface area is 187 Å². The molecule has 2 aliphatic carbocycles. The Balaban J connectivity index is 2.08. The molecule has 6 nitrogen and oxygen atoms in total. The van der Waals surface area contributed by atoms with E-state index in [1.54, 1.807) is 0 Å². The van der Waals surface area contributed by atoms with E-state index in [1.165, 1.54) is 6.42 Å². The van der Waals surface area contributed by atoms with Gasteiger partial charge in [-0.2, -0.15) is 0 Å². The molecule has 31 heavy (non-hydrogen) atoms. The van der Waals surface area contributed by atoms with Crippen molar-refractivity contribution in [3.63, 3.8) is 0 Å². The van der Waals surface area contributed by atoms with Crippen LogP contribution >= 0.6 is 0 Å². The second-order valence-electron chi connectivity index (χ2n) is 11.0. The molecule has 2 fully saturated rings. The summed E-state index contributed by atoms with van der Waals surface area (Å²) in [7, 11) is 0. The summed E-state index contributed by atoms with van der Waals surface area (Å²) < 4.78 is 6.17. The van der Waals surface area contributed by atoms with Gasteiger partial charge < -0.3 is 20.1 Å². The number of fused-ring (bicyclic) bond motifs is 1. The van der Waals surface area contributed by atoms with Crippen molar-refractivity contribution in [3.8, 4) is 0 Å². The molecule has 8 atom stereocenters. The van der Waals surface area contributed by atoms with Crippen LogP contribution in [0.25, 0.3) is 0 Å². The summed E-state index contributed by atoms with van der Waals surface area (Å²) in [6, 6.07) is 0. The van der Waals surface area contributed by atoms with Crippen LogP contribution in [0.2, 0.25) is 0 Å². The molecule has 2 rings (SSSR count). The number of carbonyl (C=O) groups is 2. The second kappa shape index (κ2) is 11.1. The third-order valence-electron chi connectivity index (χ3n) is 8.01.